The molecule has 3 fully saturated rings. The van der Waals surface area contributed by atoms with E-state index in [4.69, 9.17) is 15.8 Å². The summed E-state index contributed by atoms with van der Waals surface area (Å²) >= 11 is 0. The zero-order chi connectivity index (χ0) is 25.9. The molecule has 37 heavy (non-hydrogen) atoms. The summed E-state index contributed by atoms with van der Waals surface area (Å²) in [6, 6.07) is 2.66. The third-order valence-electron chi connectivity index (χ3n) is 8.50. The molecule has 1 aromatic heterocycles. The van der Waals surface area contributed by atoms with Gasteiger partial charge < -0.3 is 26.4 Å². The van der Waals surface area contributed by atoms with Crippen molar-refractivity contribution in [2.45, 2.75) is 114 Å². The lowest BCUT2D eigenvalue weighted by Gasteiger charge is -2.47. The van der Waals surface area contributed by atoms with E-state index in [0.717, 1.165) is 50.7 Å². The van der Waals surface area contributed by atoms with Crippen molar-refractivity contribution in [1.29, 1.82) is 0 Å². The fourth-order valence-corrected chi connectivity index (χ4v) is 6.46. The molecule has 5 N–H and O–H groups in total. The number of hydrogen-bond acceptors (Lipinski definition) is 8. The van der Waals surface area contributed by atoms with Crippen molar-refractivity contribution in [1.82, 2.24) is 20.2 Å². The van der Waals surface area contributed by atoms with E-state index in [0.29, 0.717) is 31.5 Å². The van der Waals surface area contributed by atoms with Crippen LogP contribution in [0.1, 0.15) is 89.9 Å². The number of nitrogens with one attached hydrogen (secondary N) is 2. The van der Waals surface area contributed by atoms with Gasteiger partial charge >= 0.3 is 0 Å². The Morgan fingerprint density at radius 2 is 1.81 bits per heavy atom. The summed E-state index contributed by atoms with van der Waals surface area (Å²) in [6.45, 7) is 3.92. The highest BCUT2D eigenvalue weighted by molar-refractivity contribution is 5.81. The molecule has 0 bridgehead atoms. The molecule has 1 amide bonds. The summed E-state index contributed by atoms with van der Waals surface area (Å²) in [5, 5.41) is 15.8. The molecule has 0 aromatic carbocycles. The topological polar surface area (TPSA) is 120 Å². The van der Waals surface area contributed by atoms with Crippen molar-refractivity contribution in [3.63, 3.8) is 0 Å². The number of aliphatic hydroxyl groups is 1. The number of amides is 1. The van der Waals surface area contributed by atoms with Gasteiger partial charge in [0.2, 0.25) is 11.9 Å². The van der Waals surface area contributed by atoms with Gasteiger partial charge in [-0.2, -0.15) is 4.98 Å². The lowest BCUT2D eigenvalue weighted by Crippen LogP contribution is -2.56. The van der Waals surface area contributed by atoms with E-state index in [1.807, 2.05) is 12.3 Å². The maximum Gasteiger partial charge on any atom is 0.236 e. The summed E-state index contributed by atoms with van der Waals surface area (Å²) in [6.07, 6.45) is 17.6. The number of rotatable bonds is 11. The van der Waals surface area contributed by atoms with Crippen LogP contribution in [-0.4, -0.2) is 82.8 Å². The number of aromatic nitrogens is 2. The second kappa shape index (κ2) is 14.8. The smallest absolute Gasteiger partial charge is 0.236 e. The third kappa shape index (κ3) is 8.26. The number of nitrogens with zero attached hydrogens (tertiary/aromatic N) is 4. The first kappa shape index (κ1) is 28.0. The van der Waals surface area contributed by atoms with Gasteiger partial charge in [-0.3, -0.25) is 9.69 Å². The van der Waals surface area contributed by atoms with E-state index in [-0.39, 0.29) is 18.6 Å². The first-order chi connectivity index (χ1) is 18.2. The third-order valence-corrected chi connectivity index (χ3v) is 8.50. The van der Waals surface area contributed by atoms with Gasteiger partial charge in [0, 0.05) is 50.6 Å². The number of carbonyl (C=O) groups excluding carboxylic acids is 1. The monoisotopic (exact) mass is 515 g/mol. The highest BCUT2D eigenvalue weighted by Crippen LogP contribution is 2.31. The van der Waals surface area contributed by atoms with E-state index in [1.165, 1.54) is 57.8 Å². The molecular weight excluding hydrogens is 466 g/mol. The molecule has 2 unspecified atom stereocenters. The van der Waals surface area contributed by atoms with Gasteiger partial charge in [-0.1, -0.05) is 32.1 Å². The molecule has 208 valence electrons. The van der Waals surface area contributed by atoms with Crippen molar-refractivity contribution in [2.24, 2.45) is 5.73 Å². The van der Waals surface area contributed by atoms with Gasteiger partial charge in [-0.15, -0.1) is 0 Å². The minimum Gasteiger partial charge on any atom is -0.396 e. The molecular formula is C28H49N7O2. The molecule has 0 spiro atoms. The van der Waals surface area contributed by atoms with Crippen LogP contribution in [0.5, 0.6) is 0 Å². The van der Waals surface area contributed by atoms with E-state index in [9.17, 15) is 4.79 Å². The molecule has 3 aliphatic rings. The van der Waals surface area contributed by atoms with Gasteiger partial charge in [0.15, 0.2) is 0 Å². The summed E-state index contributed by atoms with van der Waals surface area (Å²) in [5.74, 6) is 1.63. The first-order valence-electron chi connectivity index (χ1n) is 14.9. The molecule has 3 atom stereocenters. The molecule has 2 saturated heterocycles. The SMILES string of the molecule is N[C@@H](CCCO)C(=O)NCCC1C(Nc2nccc(N3CCCCCC3)n2)CCCN1C1CCCCC1. The molecule has 2 aliphatic heterocycles. The lowest BCUT2D eigenvalue weighted by molar-refractivity contribution is -0.122. The maximum atomic E-state index is 12.5. The van der Waals surface area contributed by atoms with E-state index in [1.54, 1.807) is 0 Å². The van der Waals surface area contributed by atoms with E-state index in [2.05, 4.69) is 25.4 Å². The number of likely N-dealkylation sites (tertiary alicyclic amines) is 1. The second-order valence-electron chi connectivity index (χ2n) is 11.2. The fraction of sp³-hybridized carbons (Fsp3) is 0.821. The summed E-state index contributed by atoms with van der Waals surface area (Å²) < 4.78 is 0. The molecule has 1 aromatic rings. The normalized spacial score (nSPS) is 24.9. The standard InChI is InChI=1S/C28H49N7O2/c29-23(12-9-21-36)27(37)30-16-14-25-24(13-8-20-35(25)22-10-4-3-5-11-22)32-28-31-17-15-26(33-28)34-18-6-1-2-7-19-34/h15,17,22-25,36H,1-14,16,18-21,29H2,(H,30,37)(H,31,32,33)/t23-,24?,25?/m0/s1. The first-order valence-corrected chi connectivity index (χ1v) is 14.9. The Bertz CT molecular complexity index is 811. The van der Waals surface area contributed by atoms with Crippen LogP contribution in [0.2, 0.25) is 0 Å². The van der Waals surface area contributed by atoms with Crippen LogP contribution in [0, 0.1) is 0 Å². The zero-order valence-corrected chi connectivity index (χ0v) is 22.6. The Morgan fingerprint density at radius 3 is 2.57 bits per heavy atom. The Kier molecular flexibility index (Phi) is 11.2. The van der Waals surface area contributed by atoms with Crippen LogP contribution >= 0.6 is 0 Å². The van der Waals surface area contributed by atoms with Gasteiger partial charge in [0.25, 0.3) is 0 Å². The van der Waals surface area contributed by atoms with E-state index < -0.39 is 6.04 Å². The fourth-order valence-electron chi connectivity index (χ4n) is 6.46. The van der Waals surface area contributed by atoms with Crippen molar-refractivity contribution in [3.8, 4) is 0 Å². The van der Waals surface area contributed by atoms with Crippen LogP contribution in [-0.2, 0) is 4.79 Å². The average Bonchev–Trinajstić information content (AvgIpc) is 3.23. The Balaban J connectivity index is 1.42. The largest absolute Gasteiger partial charge is 0.396 e. The predicted molar refractivity (Wildman–Crippen MR) is 149 cm³/mol. The molecule has 1 saturated carbocycles. The molecule has 9 heteroatoms. The Morgan fingerprint density at radius 1 is 1.05 bits per heavy atom. The number of nitrogens with two attached hydrogens (primary N) is 1. The number of carbonyl (C=O) groups is 1. The number of aliphatic hydroxyl groups excluding tert-OH is 1. The second-order valence-corrected chi connectivity index (χ2v) is 11.2. The van der Waals surface area contributed by atoms with Gasteiger partial charge in [-0.25, -0.2) is 4.98 Å². The molecule has 3 heterocycles. The summed E-state index contributed by atoms with van der Waals surface area (Å²) in [5.41, 5.74) is 6.02. The van der Waals surface area contributed by atoms with Crippen LogP contribution < -0.4 is 21.3 Å². The van der Waals surface area contributed by atoms with Gasteiger partial charge in [0.1, 0.15) is 5.82 Å². The molecule has 0 radical (unpaired) electrons. The number of hydrogen-bond donors (Lipinski definition) is 4. The Labute approximate surface area is 223 Å². The molecule has 1 aliphatic carbocycles. The number of anilines is 2. The van der Waals surface area contributed by atoms with Crippen molar-refractivity contribution < 1.29 is 9.90 Å². The highest BCUT2D eigenvalue weighted by atomic mass is 16.3. The maximum absolute atomic E-state index is 12.5. The minimum absolute atomic E-state index is 0.0633. The van der Waals surface area contributed by atoms with Crippen LogP contribution in [0.4, 0.5) is 11.8 Å². The van der Waals surface area contributed by atoms with E-state index >= 15 is 0 Å². The van der Waals surface area contributed by atoms with Crippen molar-refractivity contribution >= 4 is 17.7 Å². The van der Waals surface area contributed by atoms with Crippen LogP contribution in [0.3, 0.4) is 0 Å². The average molecular weight is 516 g/mol. The van der Waals surface area contributed by atoms with Crippen LogP contribution in [0.15, 0.2) is 12.3 Å². The van der Waals surface area contributed by atoms with Gasteiger partial charge in [-0.05, 0) is 70.4 Å². The van der Waals surface area contributed by atoms with Gasteiger partial charge in [0.05, 0.1) is 6.04 Å². The summed E-state index contributed by atoms with van der Waals surface area (Å²) in [4.78, 5) is 27.2. The zero-order valence-electron chi connectivity index (χ0n) is 22.6. The van der Waals surface area contributed by atoms with Crippen molar-refractivity contribution in [2.75, 3.05) is 43.0 Å². The highest BCUT2D eigenvalue weighted by Gasteiger charge is 2.36. The number of piperidine rings is 1. The van der Waals surface area contributed by atoms with Crippen molar-refractivity contribution in [3.05, 3.63) is 12.3 Å². The van der Waals surface area contributed by atoms with Crippen LogP contribution in [0.25, 0.3) is 0 Å². The predicted octanol–water partition coefficient (Wildman–Crippen LogP) is 3.04. The summed E-state index contributed by atoms with van der Waals surface area (Å²) in [7, 11) is 0. The minimum atomic E-state index is -0.558. The Hall–Kier alpha value is -1.97. The quantitative estimate of drug-likeness (QED) is 0.355. The molecule has 9 nitrogen and oxygen atoms in total. The lowest BCUT2D eigenvalue weighted by atomic mass is 9.87. The molecule has 4 rings (SSSR count).